The zero-order valence-electron chi connectivity index (χ0n) is 11.4. The van der Waals surface area contributed by atoms with Gasteiger partial charge in [0.05, 0.1) is 0 Å². The van der Waals surface area contributed by atoms with E-state index in [0.29, 0.717) is 22.7 Å². The Bertz CT molecular complexity index is 812. The number of hydrogen-bond acceptors (Lipinski definition) is 2. The second-order valence-corrected chi connectivity index (χ2v) is 7.01. The van der Waals surface area contributed by atoms with Crippen LogP contribution in [0.5, 0.6) is 0 Å². The van der Waals surface area contributed by atoms with Crippen LogP contribution in [0, 0.1) is 17.5 Å². The first-order valence-corrected chi connectivity index (χ1v) is 7.89. The molecule has 0 saturated carbocycles. The number of rotatable bonds is 4. The quantitative estimate of drug-likeness (QED) is 0.791. The molecule has 0 fully saturated rings. The zero-order valence-corrected chi connectivity index (χ0v) is 12.9. The van der Waals surface area contributed by atoms with Crippen LogP contribution in [0.2, 0.25) is 5.02 Å². The van der Waals surface area contributed by atoms with E-state index in [1.807, 2.05) is 0 Å². The van der Waals surface area contributed by atoms with Gasteiger partial charge in [0.15, 0.2) is 17.5 Å². The van der Waals surface area contributed by atoms with Crippen molar-refractivity contribution >= 4 is 21.6 Å². The Labute approximate surface area is 131 Å². The van der Waals surface area contributed by atoms with Gasteiger partial charge in [-0.25, -0.2) is 21.6 Å². The normalized spacial score (nSPS) is 11.9. The highest BCUT2D eigenvalue weighted by atomic mass is 35.5. The van der Waals surface area contributed by atoms with Crippen molar-refractivity contribution in [3.8, 4) is 0 Å². The lowest BCUT2D eigenvalue weighted by Crippen LogP contribution is -2.27. The second kappa shape index (κ2) is 6.28. The van der Waals surface area contributed by atoms with Crippen LogP contribution in [0.15, 0.2) is 41.3 Å². The molecule has 2 aromatic rings. The monoisotopic (exact) mass is 349 g/mol. The van der Waals surface area contributed by atoms with E-state index in [1.54, 1.807) is 24.3 Å². The lowest BCUT2D eigenvalue weighted by molar-refractivity contribution is 0.421. The number of hydrogen-bond donors (Lipinski definition) is 0. The van der Waals surface area contributed by atoms with Gasteiger partial charge in [-0.15, -0.1) is 0 Å². The summed E-state index contributed by atoms with van der Waals surface area (Å²) in [6, 6.07) is 7.70. The van der Waals surface area contributed by atoms with Crippen molar-refractivity contribution in [2.24, 2.45) is 0 Å². The molecule has 3 nitrogen and oxygen atoms in total. The molecule has 0 aromatic heterocycles. The predicted molar refractivity (Wildman–Crippen MR) is 76.4 cm³/mol. The Hall–Kier alpha value is -1.57. The predicted octanol–water partition coefficient (Wildman–Crippen LogP) is 3.58. The molecule has 0 aliphatic rings. The molecule has 0 unspecified atom stereocenters. The highest BCUT2D eigenvalue weighted by molar-refractivity contribution is 7.89. The van der Waals surface area contributed by atoms with E-state index in [9.17, 15) is 21.6 Å². The molecule has 8 heteroatoms. The molecule has 0 atom stereocenters. The summed E-state index contributed by atoms with van der Waals surface area (Å²) in [6.07, 6.45) is 0. The average Bonchev–Trinajstić information content (AvgIpc) is 2.44. The van der Waals surface area contributed by atoms with Gasteiger partial charge in [0, 0.05) is 18.6 Å². The first-order chi connectivity index (χ1) is 10.2. The fraction of sp³-hybridized carbons (Fsp3) is 0.143. The summed E-state index contributed by atoms with van der Waals surface area (Å²) in [4.78, 5) is -0.920. The SMILES string of the molecule is CN(Cc1cccc(Cl)c1)S(=O)(=O)c1ccc(F)c(F)c1F. The number of sulfonamides is 1. The fourth-order valence-corrected chi connectivity index (χ4v) is 3.28. The molecule has 0 radical (unpaired) electrons. The van der Waals surface area contributed by atoms with Crippen molar-refractivity contribution in [3.63, 3.8) is 0 Å². The molecule has 22 heavy (non-hydrogen) atoms. The summed E-state index contributed by atoms with van der Waals surface area (Å²) >= 11 is 5.80. The molecular formula is C14H11ClF3NO2S. The van der Waals surface area contributed by atoms with Crippen LogP contribution in [0.1, 0.15) is 5.56 Å². The van der Waals surface area contributed by atoms with Crippen LogP contribution in [0.3, 0.4) is 0 Å². The summed E-state index contributed by atoms with van der Waals surface area (Å²) in [5.74, 6) is -5.01. The Morgan fingerprint density at radius 3 is 2.41 bits per heavy atom. The Morgan fingerprint density at radius 1 is 1.09 bits per heavy atom. The van der Waals surface area contributed by atoms with Gasteiger partial charge in [0.2, 0.25) is 10.0 Å². The Kier molecular flexibility index (Phi) is 4.79. The van der Waals surface area contributed by atoms with Gasteiger partial charge in [-0.2, -0.15) is 4.31 Å². The summed E-state index contributed by atoms with van der Waals surface area (Å²) in [5.41, 5.74) is 0.571. The van der Waals surface area contributed by atoms with E-state index < -0.39 is 32.4 Å². The van der Waals surface area contributed by atoms with Crippen LogP contribution in [0.25, 0.3) is 0 Å². The van der Waals surface area contributed by atoms with Crippen molar-refractivity contribution < 1.29 is 21.6 Å². The molecule has 0 aliphatic heterocycles. The van der Waals surface area contributed by atoms with Gasteiger partial charge in [-0.05, 0) is 29.8 Å². The third-order valence-electron chi connectivity index (χ3n) is 2.98. The maximum atomic E-state index is 13.7. The van der Waals surface area contributed by atoms with Gasteiger partial charge in [0.25, 0.3) is 0 Å². The number of benzene rings is 2. The lowest BCUT2D eigenvalue weighted by atomic mass is 10.2. The topological polar surface area (TPSA) is 37.4 Å². The molecule has 0 amide bonds. The van der Waals surface area contributed by atoms with Crippen molar-refractivity contribution in [1.29, 1.82) is 0 Å². The third kappa shape index (κ3) is 3.26. The first-order valence-electron chi connectivity index (χ1n) is 6.08. The van der Waals surface area contributed by atoms with Crippen LogP contribution in [0.4, 0.5) is 13.2 Å². The first kappa shape index (κ1) is 16.8. The standard InChI is InChI=1S/C14H11ClF3NO2S/c1-19(8-9-3-2-4-10(15)7-9)22(20,21)12-6-5-11(16)13(17)14(12)18/h2-7H,8H2,1H3. The van der Waals surface area contributed by atoms with E-state index in [4.69, 9.17) is 11.6 Å². The van der Waals surface area contributed by atoms with Crippen LogP contribution >= 0.6 is 11.6 Å². The molecule has 0 saturated heterocycles. The number of nitrogens with zero attached hydrogens (tertiary/aromatic N) is 1. The van der Waals surface area contributed by atoms with E-state index in [-0.39, 0.29) is 6.54 Å². The molecule has 118 valence electrons. The third-order valence-corrected chi connectivity index (χ3v) is 5.04. The molecule has 0 aliphatic carbocycles. The van der Waals surface area contributed by atoms with Crippen molar-refractivity contribution in [2.75, 3.05) is 7.05 Å². The minimum atomic E-state index is -4.31. The van der Waals surface area contributed by atoms with Gasteiger partial charge in [-0.3, -0.25) is 0 Å². The van der Waals surface area contributed by atoms with Crippen molar-refractivity contribution in [3.05, 3.63) is 64.4 Å². The van der Waals surface area contributed by atoms with E-state index in [2.05, 4.69) is 0 Å². The molecule has 0 bridgehead atoms. The molecular weight excluding hydrogens is 339 g/mol. The minimum absolute atomic E-state index is 0.0959. The maximum absolute atomic E-state index is 13.7. The van der Waals surface area contributed by atoms with Crippen LogP contribution in [-0.2, 0) is 16.6 Å². The maximum Gasteiger partial charge on any atom is 0.246 e. The zero-order chi connectivity index (χ0) is 16.5. The summed E-state index contributed by atoms with van der Waals surface area (Å²) in [7, 11) is -3.11. The van der Waals surface area contributed by atoms with Crippen molar-refractivity contribution in [1.82, 2.24) is 4.31 Å². The van der Waals surface area contributed by atoms with E-state index >= 15 is 0 Å². The van der Waals surface area contributed by atoms with Crippen LogP contribution in [-0.4, -0.2) is 19.8 Å². The highest BCUT2D eigenvalue weighted by Crippen LogP contribution is 2.23. The Morgan fingerprint density at radius 2 is 1.77 bits per heavy atom. The van der Waals surface area contributed by atoms with Crippen molar-refractivity contribution in [2.45, 2.75) is 11.4 Å². The van der Waals surface area contributed by atoms with E-state index in [0.717, 1.165) is 4.31 Å². The summed E-state index contributed by atoms with van der Waals surface area (Å²) in [5, 5.41) is 0.419. The lowest BCUT2D eigenvalue weighted by Gasteiger charge is -2.18. The Balaban J connectivity index is 2.36. The smallest absolute Gasteiger partial charge is 0.207 e. The average molecular weight is 350 g/mol. The molecule has 0 spiro atoms. The van der Waals surface area contributed by atoms with Gasteiger partial charge in [-0.1, -0.05) is 23.7 Å². The second-order valence-electron chi connectivity index (χ2n) is 4.56. The molecule has 0 heterocycles. The fourth-order valence-electron chi connectivity index (χ4n) is 1.85. The molecule has 2 aromatic carbocycles. The van der Waals surface area contributed by atoms with Gasteiger partial charge in [0.1, 0.15) is 4.90 Å². The highest BCUT2D eigenvalue weighted by Gasteiger charge is 2.27. The van der Waals surface area contributed by atoms with Crippen LogP contribution < -0.4 is 0 Å². The summed E-state index contributed by atoms with van der Waals surface area (Å²) < 4.78 is 65.2. The largest absolute Gasteiger partial charge is 0.246 e. The summed E-state index contributed by atoms with van der Waals surface area (Å²) in [6.45, 7) is -0.0959. The van der Waals surface area contributed by atoms with Gasteiger partial charge < -0.3 is 0 Å². The number of halogens is 4. The van der Waals surface area contributed by atoms with E-state index in [1.165, 1.54) is 7.05 Å². The van der Waals surface area contributed by atoms with Gasteiger partial charge >= 0.3 is 0 Å². The molecule has 0 N–H and O–H groups in total. The molecule has 2 rings (SSSR count). The minimum Gasteiger partial charge on any atom is -0.207 e.